The third kappa shape index (κ3) is 3.91. The monoisotopic (exact) mass is 379 g/mol. The summed E-state index contributed by atoms with van der Waals surface area (Å²) in [7, 11) is -3.60. The number of hydrogen-bond acceptors (Lipinski definition) is 5. The van der Waals surface area contributed by atoms with Crippen LogP contribution in [-0.2, 0) is 22.7 Å². The number of amides is 1. The summed E-state index contributed by atoms with van der Waals surface area (Å²) < 4.78 is 23.5. The van der Waals surface area contributed by atoms with Crippen LogP contribution < -0.4 is 5.32 Å². The zero-order valence-electron chi connectivity index (χ0n) is 13.5. The van der Waals surface area contributed by atoms with Gasteiger partial charge >= 0.3 is 5.97 Å². The standard InChI is InChI=1S/C17H17NO5S2/c1-25(22,23)13-7-11(17(20)21)6-12(9-13)18-16(19)15-8-10-4-2-3-5-14(10)24-15/h6-9H,2-5H2,1H3,(H,18,19)(H,20,21). The number of benzene rings is 1. The number of carboxylic acid groups (broad SMARTS) is 1. The van der Waals surface area contributed by atoms with Crippen molar-refractivity contribution < 1.29 is 23.1 Å². The third-order valence-electron chi connectivity index (χ3n) is 4.06. The maximum absolute atomic E-state index is 12.5. The van der Waals surface area contributed by atoms with Crippen LogP contribution >= 0.6 is 11.3 Å². The lowest BCUT2D eigenvalue weighted by atomic mass is 9.99. The molecule has 0 atom stereocenters. The van der Waals surface area contributed by atoms with Crippen molar-refractivity contribution >= 4 is 38.7 Å². The number of rotatable bonds is 4. The van der Waals surface area contributed by atoms with Crippen molar-refractivity contribution in [3.05, 3.63) is 45.1 Å². The number of aryl methyl sites for hydroxylation is 2. The molecule has 1 aliphatic rings. The molecule has 6 nitrogen and oxygen atoms in total. The van der Waals surface area contributed by atoms with Crippen LogP contribution in [0.3, 0.4) is 0 Å². The molecular weight excluding hydrogens is 362 g/mol. The molecule has 0 unspecified atom stereocenters. The molecule has 3 rings (SSSR count). The Morgan fingerprint density at radius 2 is 1.84 bits per heavy atom. The number of carboxylic acids is 1. The molecule has 0 spiro atoms. The number of hydrogen-bond donors (Lipinski definition) is 2. The van der Waals surface area contributed by atoms with Gasteiger partial charge in [-0.1, -0.05) is 0 Å². The van der Waals surface area contributed by atoms with Gasteiger partial charge in [-0.3, -0.25) is 4.79 Å². The highest BCUT2D eigenvalue weighted by Crippen LogP contribution is 2.30. The molecule has 2 aromatic rings. The first-order chi connectivity index (χ1) is 11.7. The van der Waals surface area contributed by atoms with Gasteiger partial charge in [-0.15, -0.1) is 11.3 Å². The largest absolute Gasteiger partial charge is 0.478 e. The number of sulfone groups is 1. The van der Waals surface area contributed by atoms with E-state index in [0.717, 1.165) is 38.0 Å². The highest BCUT2D eigenvalue weighted by molar-refractivity contribution is 7.90. The second-order valence-corrected chi connectivity index (χ2v) is 9.20. The fourth-order valence-electron chi connectivity index (χ4n) is 2.80. The summed E-state index contributed by atoms with van der Waals surface area (Å²) in [5.74, 6) is -1.62. The van der Waals surface area contributed by atoms with E-state index in [2.05, 4.69) is 5.32 Å². The van der Waals surface area contributed by atoms with Crippen LogP contribution in [0.2, 0.25) is 0 Å². The van der Waals surface area contributed by atoms with E-state index in [9.17, 15) is 18.0 Å². The molecule has 2 N–H and O–H groups in total. The molecular formula is C17H17NO5S2. The van der Waals surface area contributed by atoms with Gasteiger partial charge < -0.3 is 10.4 Å². The Morgan fingerprint density at radius 3 is 2.48 bits per heavy atom. The van der Waals surface area contributed by atoms with Crippen molar-refractivity contribution in [2.45, 2.75) is 30.6 Å². The quantitative estimate of drug-likeness (QED) is 0.850. The molecule has 0 saturated heterocycles. The van der Waals surface area contributed by atoms with Crippen LogP contribution in [-0.4, -0.2) is 31.7 Å². The van der Waals surface area contributed by atoms with E-state index in [1.54, 1.807) is 0 Å². The predicted octanol–water partition coefficient (Wildman–Crippen LogP) is 2.98. The van der Waals surface area contributed by atoms with Crippen LogP contribution in [0, 0.1) is 0 Å². The third-order valence-corrected chi connectivity index (χ3v) is 6.39. The van der Waals surface area contributed by atoms with Crippen LogP contribution in [0.25, 0.3) is 0 Å². The Morgan fingerprint density at radius 1 is 1.12 bits per heavy atom. The molecule has 0 bridgehead atoms. The minimum atomic E-state index is -3.60. The molecule has 0 fully saturated rings. The summed E-state index contributed by atoms with van der Waals surface area (Å²) in [4.78, 5) is 25.3. The van der Waals surface area contributed by atoms with E-state index in [-0.39, 0.29) is 22.1 Å². The van der Waals surface area contributed by atoms with Crippen molar-refractivity contribution in [1.29, 1.82) is 0 Å². The molecule has 1 amide bonds. The van der Waals surface area contributed by atoms with Crippen LogP contribution in [0.1, 0.15) is 43.3 Å². The zero-order valence-corrected chi connectivity index (χ0v) is 15.2. The number of fused-ring (bicyclic) bond motifs is 1. The fraction of sp³-hybridized carbons (Fsp3) is 0.294. The molecule has 0 radical (unpaired) electrons. The van der Waals surface area contributed by atoms with Crippen molar-refractivity contribution in [2.24, 2.45) is 0 Å². The van der Waals surface area contributed by atoms with E-state index < -0.39 is 15.8 Å². The van der Waals surface area contributed by atoms with Crippen molar-refractivity contribution in [1.82, 2.24) is 0 Å². The Hall–Kier alpha value is -2.19. The summed E-state index contributed by atoms with van der Waals surface area (Å²) in [6, 6.07) is 5.47. The van der Waals surface area contributed by atoms with E-state index in [0.29, 0.717) is 4.88 Å². The SMILES string of the molecule is CS(=O)(=O)c1cc(NC(=O)c2cc3c(s2)CCCC3)cc(C(=O)O)c1. The second kappa shape index (κ2) is 6.61. The maximum Gasteiger partial charge on any atom is 0.335 e. The highest BCUT2D eigenvalue weighted by atomic mass is 32.2. The summed E-state index contributed by atoms with van der Waals surface area (Å²) in [6.07, 6.45) is 5.16. The van der Waals surface area contributed by atoms with Gasteiger partial charge in [0.1, 0.15) is 0 Å². The topological polar surface area (TPSA) is 101 Å². The van der Waals surface area contributed by atoms with Gasteiger partial charge in [0.2, 0.25) is 0 Å². The first-order valence-corrected chi connectivity index (χ1v) is 10.5. The number of carbonyl (C=O) groups excluding carboxylic acids is 1. The average Bonchev–Trinajstić information content (AvgIpc) is 2.98. The molecule has 0 aliphatic heterocycles. The van der Waals surface area contributed by atoms with E-state index in [1.807, 2.05) is 6.07 Å². The van der Waals surface area contributed by atoms with E-state index in [1.165, 1.54) is 33.9 Å². The van der Waals surface area contributed by atoms with Crippen molar-refractivity contribution in [3.63, 3.8) is 0 Å². The Bertz CT molecular complexity index is 936. The number of thiophene rings is 1. The number of carbonyl (C=O) groups is 2. The van der Waals surface area contributed by atoms with Gasteiger partial charge in [-0.05, 0) is 55.5 Å². The molecule has 132 valence electrons. The summed E-state index contributed by atoms with van der Waals surface area (Å²) in [5.41, 5.74) is 1.15. The van der Waals surface area contributed by atoms with E-state index in [4.69, 9.17) is 5.11 Å². The highest BCUT2D eigenvalue weighted by Gasteiger charge is 2.19. The molecule has 1 heterocycles. The lowest BCUT2D eigenvalue weighted by Crippen LogP contribution is -2.12. The summed E-state index contributed by atoms with van der Waals surface area (Å²) >= 11 is 1.44. The molecule has 8 heteroatoms. The smallest absolute Gasteiger partial charge is 0.335 e. The lowest BCUT2D eigenvalue weighted by Gasteiger charge is -2.08. The minimum Gasteiger partial charge on any atom is -0.478 e. The molecule has 25 heavy (non-hydrogen) atoms. The first-order valence-electron chi connectivity index (χ1n) is 7.75. The van der Waals surface area contributed by atoms with Crippen molar-refractivity contribution in [2.75, 3.05) is 11.6 Å². The minimum absolute atomic E-state index is 0.145. The van der Waals surface area contributed by atoms with Gasteiger partial charge in [0, 0.05) is 16.8 Å². The van der Waals surface area contributed by atoms with Gasteiger partial charge in [0.15, 0.2) is 9.84 Å². The summed E-state index contributed by atoms with van der Waals surface area (Å²) in [6.45, 7) is 0. The Labute approximate surface area is 149 Å². The second-order valence-electron chi connectivity index (χ2n) is 6.04. The molecule has 1 aliphatic carbocycles. The van der Waals surface area contributed by atoms with Crippen LogP contribution in [0.4, 0.5) is 5.69 Å². The summed E-state index contributed by atoms with van der Waals surface area (Å²) in [5, 5.41) is 11.8. The van der Waals surface area contributed by atoms with Crippen LogP contribution in [0.15, 0.2) is 29.2 Å². The lowest BCUT2D eigenvalue weighted by molar-refractivity contribution is 0.0696. The van der Waals surface area contributed by atoms with Gasteiger partial charge in [-0.25, -0.2) is 13.2 Å². The maximum atomic E-state index is 12.5. The van der Waals surface area contributed by atoms with Gasteiger partial charge in [0.05, 0.1) is 15.3 Å². The van der Waals surface area contributed by atoms with Crippen LogP contribution in [0.5, 0.6) is 0 Å². The molecule has 1 aromatic heterocycles. The van der Waals surface area contributed by atoms with Gasteiger partial charge in [0.25, 0.3) is 5.91 Å². The normalized spacial score (nSPS) is 14.0. The predicted molar refractivity (Wildman–Crippen MR) is 95.4 cm³/mol. The number of nitrogens with one attached hydrogen (secondary N) is 1. The molecule has 0 saturated carbocycles. The van der Waals surface area contributed by atoms with Gasteiger partial charge in [-0.2, -0.15) is 0 Å². The Balaban J connectivity index is 1.91. The average molecular weight is 379 g/mol. The fourth-order valence-corrected chi connectivity index (χ4v) is 4.63. The molecule has 1 aromatic carbocycles. The van der Waals surface area contributed by atoms with Crippen molar-refractivity contribution in [3.8, 4) is 0 Å². The van der Waals surface area contributed by atoms with E-state index >= 15 is 0 Å². The number of aromatic carboxylic acids is 1. The zero-order chi connectivity index (χ0) is 18.2. The Kier molecular flexibility index (Phi) is 4.66. The first kappa shape index (κ1) is 17.6. The number of anilines is 1.